The van der Waals surface area contributed by atoms with Crippen LogP contribution in [0.5, 0.6) is 0 Å². The Morgan fingerprint density at radius 3 is 1.85 bits per heavy atom. The van der Waals surface area contributed by atoms with Gasteiger partial charge in [-0.05, 0) is 17.7 Å². The second-order valence-corrected chi connectivity index (χ2v) is 7.70. The molecule has 2 aliphatic rings. The molecule has 0 atom stereocenters. The normalized spacial score (nSPS) is 28.3. The topological polar surface area (TPSA) is 38.7 Å². The summed E-state index contributed by atoms with van der Waals surface area (Å²) < 4.78 is 12.9. The molecular weight excluding hydrogens is 320 g/mol. The van der Waals surface area contributed by atoms with Gasteiger partial charge < -0.3 is 14.6 Å². The largest absolute Gasteiger partial charge is 0.384 e. The maximum Gasteiger partial charge on any atom is 0.184 e. The lowest BCUT2D eigenvalue weighted by Gasteiger charge is -2.73. The van der Waals surface area contributed by atoms with Crippen LogP contribution in [-0.2, 0) is 15.1 Å². The van der Waals surface area contributed by atoms with Crippen LogP contribution in [0.2, 0.25) is 0 Å². The van der Waals surface area contributed by atoms with Crippen molar-refractivity contribution >= 4 is 15.9 Å². The lowest BCUT2D eigenvalue weighted by atomic mass is 9.38. The minimum absolute atomic E-state index is 0.520. The monoisotopic (exact) mass is 340 g/mol. The van der Waals surface area contributed by atoms with Gasteiger partial charge in [0.25, 0.3) is 0 Å². The molecule has 20 heavy (non-hydrogen) atoms. The van der Waals surface area contributed by atoms with Crippen LogP contribution in [0, 0.1) is 10.8 Å². The van der Waals surface area contributed by atoms with Crippen LogP contribution < -0.4 is 0 Å². The first kappa shape index (κ1) is 14.5. The van der Waals surface area contributed by atoms with Crippen molar-refractivity contribution in [3.8, 4) is 0 Å². The summed E-state index contributed by atoms with van der Waals surface area (Å²) in [4.78, 5) is 0. The molecule has 1 aromatic carbocycles. The van der Waals surface area contributed by atoms with Gasteiger partial charge in [-0.25, -0.2) is 0 Å². The number of hydrogen-bond donors (Lipinski definition) is 1. The Morgan fingerprint density at radius 1 is 0.950 bits per heavy atom. The van der Waals surface area contributed by atoms with Crippen LogP contribution in [-0.4, -0.2) is 24.1 Å². The van der Waals surface area contributed by atoms with Gasteiger partial charge in [-0.1, -0.05) is 55.8 Å². The predicted octanol–water partition coefficient (Wildman–Crippen LogP) is 3.45. The maximum absolute atomic E-state index is 11.5. The van der Waals surface area contributed by atoms with E-state index in [9.17, 15) is 5.11 Å². The van der Waals surface area contributed by atoms with E-state index in [2.05, 4.69) is 15.9 Å². The second-order valence-electron chi connectivity index (χ2n) is 6.78. The lowest BCUT2D eigenvalue weighted by Crippen LogP contribution is -2.82. The van der Waals surface area contributed by atoms with Gasteiger partial charge in [0.15, 0.2) is 5.79 Å². The van der Waals surface area contributed by atoms with Crippen molar-refractivity contribution in [3.63, 3.8) is 0 Å². The number of hydrogen-bond acceptors (Lipinski definition) is 3. The molecule has 1 heterocycles. The summed E-state index contributed by atoms with van der Waals surface area (Å²) in [6.45, 7) is 9.25. The van der Waals surface area contributed by atoms with Crippen LogP contribution in [0.1, 0.15) is 33.3 Å². The highest BCUT2D eigenvalue weighted by atomic mass is 79.9. The molecule has 0 amide bonds. The molecule has 1 saturated carbocycles. The molecule has 3 nitrogen and oxygen atoms in total. The van der Waals surface area contributed by atoms with Crippen LogP contribution in [0.15, 0.2) is 28.7 Å². The lowest BCUT2D eigenvalue weighted by molar-refractivity contribution is -0.457. The maximum atomic E-state index is 11.5. The standard InChI is InChI=1S/C16H21BrO3/c1-13(2)15(18,11-5-7-12(17)8-6-11)14(3,4)16(13)19-9-10-20-16/h5-8,18H,9-10H2,1-4H3. The molecule has 110 valence electrons. The van der Waals surface area contributed by atoms with Gasteiger partial charge in [0.2, 0.25) is 0 Å². The van der Waals surface area contributed by atoms with E-state index in [1.165, 1.54) is 0 Å². The Balaban J connectivity index is 2.12. The fraction of sp³-hybridized carbons (Fsp3) is 0.625. The van der Waals surface area contributed by atoms with Crippen molar-refractivity contribution in [1.82, 2.24) is 0 Å². The summed E-state index contributed by atoms with van der Waals surface area (Å²) in [7, 11) is 0. The zero-order valence-electron chi connectivity index (χ0n) is 12.4. The molecule has 0 aromatic heterocycles. The van der Waals surface area contributed by atoms with E-state index in [-0.39, 0.29) is 0 Å². The number of halogens is 1. The Hall–Kier alpha value is -0.420. The third-order valence-electron chi connectivity index (χ3n) is 5.41. The summed E-state index contributed by atoms with van der Waals surface area (Å²) >= 11 is 3.44. The van der Waals surface area contributed by atoms with Gasteiger partial charge in [-0.3, -0.25) is 0 Å². The first-order chi connectivity index (χ1) is 9.21. The van der Waals surface area contributed by atoms with E-state index >= 15 is 0 Å². The highest BCUT2D eigenvalue weighted by molar-refractivity contribution is 9.10. The molecule has 1 aliphatic heterocycles. The number of rotatable bonds is 1. The van der Waals surface area contributed by atoms with Gasteiger partial charge in [-0.15, -0.1) is 0 Å². The molecule has 1 spiro atoms. The SMILES string of the molecule is CC1(C)C2(OCCO2)C(C)(C)C1(O)c1ccc(Br)cc1. The summed E-state index contributed by atoms with van der Waals surface area (Å²) in [5.41, 5.74) is -1.13. The van der Waals surface area contributed by atoms with E-state index in [0.29, 0.717) is 13.2 Å². The van der Waals surface area contributed by atoms with Gasteiger partial charge >= 0.3 is 0 Å². The number of benzene rings is 1. The van der Waals surface area contributed by atoms with Crippen LogP contribution >= 0.6 is 15.9 Å². The molecular formula is C16H21BrO3. The van der Waals surface area contributed by atoms with Crippen molar-refractivity contribution in [2.45, 2.75) is 39.1 Å². The molecule has 1 aromatic rings. The van der Waals surface area contributed by atoms with Crippen molar-refractivity contribution in [2.24, 2.45) is 10.8 Å². The Morgan fingerprint density at radius 2 is 1.40 bits per heavy atom. The first-order valence-corrected chi connectivity index (χ1v) is 7.76. The van der Waals surface area contributed by atoms with Crippen LogP contribution in [0.3, 0.4) is 0 Å². The Bertz CT molecular complexity index is 509. The van der Waals surface area contributed by atoms with Crippen molar-refractivity contribution in [2.75, 3.05) is 13.2 Å². The third kappa shape index (κ3) is 1.32. The van der Waals surface area contributed by atoms with E-state index in [0.717, 1.165) is 10.0 Å². The van der Waals surface area contributed by atoms with Crippen LogP contribution in [0.4, 0.5) is 0 Å². The molecule has 0 unspecified atom stereocenters. The molecule has 4 heteroatoms. The van der Waals surface area contributed by atoms with E-state index in [1.807, 2.05) is 52.0 Å². The fourth-order valence-corrected chi connectivity index (χ4v) is 4.79. The van der Waals surface area contributed by atoms with Crippen molar-refractivity contribution in [1.29, 1.82) is 0 Å². The minimum atomic E-state index is -0.995. The molecule has 0 bridgehead atoms. The Kier molecular flexibility index (Phi) is 2.95. The average Bonchev–Trinajstić information content (AvgIpc) is 2.90. The summed E-state index contributed by atoms with van der Waals surface area (Å²) in [5, 5.41) is 11.5. The number of ether oxygens (including phenoxy) is 2. The molecule has 1 N–H and O–H groups in total. The molecule has 2 fully saturated rings. The van der Waals surface area contributed by atoms with Gasteiger partial charge in [0, 0.05) is 4.47 Å². The molecule has 1 saturated heterocycles. The van der Waals surface area contributed by atoms with Crippen molar-refractivity contribution in [3.05, 3.63) is 34.3 Å². The summed E-state index contributed by atoms with van der Waals surface area (Å²) in [6.07, 6.45) is 0. The van der Waals surface area contributed by atoms with E-state index in [1.54, 1.807) is 0 Å². The van der Waals surface area contributed by atoms with E-state index in [4.69, 9.17) is 9.47 Å². The predicted molar refractivity (Wildman–Crippen MR) is 80.2 cm³/mol. The average molecular weight is 341 g/mol. The zero-order chi connectivity index (χ0) is 14.8. The zero-order valence-corrected chi connectivity index (χ0v) is 14.0. The molecule has 3 rings (SSSR count). The van der Waals surface area contributed by atoms with Crippen molar-refractivity contribution < 1.29 is 14.6 Å². The smallest absolute Gasteiger partial charge is 0.184 e. The highest BCUT2D eigenvalue weighted by Gasteiger charge is 2.83. The quantitative estimate of drug-likeness (QED) is 0.850. The fourth-order valence-electron chi connectivity index (χ4n) is 4.52. The summed E-state index contributed by atoms with van der Waals surface area (Å²) in [5.74, 6) is -0.720. The Labute approximate surface area is 128 Å². The minimum Gasteiger partial charge on any atom is -0.384 e. The molecule has 1 aliphatic carbocycles. The van der Waals surface area contributed by atoms with Gasteiger partial charge in [0.1, 0.15) is 5.60 Å². The van der Waals surface area contributed by atoms with Gasteiger partial charge in [-0.2, -0.15) is 0 Å². The molecule has 0 radical (unpaired) electrons. The van der Waals surface area contributed by atoms with Crippen LogP contribution in [0.25, 0.3) is 0 Å². The highest BCUT2D eigenvalue weighted by Crippen LogP contribution is 2.75. The van der Waals surface area contributed by atoms with Gasteiger partial charge in [0.05, 0.1) is 24.0 Å². The first-order valence-electron chi connectivity index (χ1n) is 6.97. The number of aliphatic hydroxyl groups is 1. The summed E-state index contributed by atoms with van der Waals surface area (Å²) in [6, 6.07) is 7.85. The second kappa shape index (κ2) is 4.07. The third-order valence-corrected chi connectivity index (χ3v) is 5.94. The van der Waals surface area contributed by atoms with E-state index < -0.39 is 22.2 Å².